The molecule has 3 N–H and O–H groups in total. The number of hydrogen-bond donors (Lipinski definition) is 3. The zero-order valence-electron chi connectivity index (χ0n) is 18.8. The standard InChI is InChI=1S/C26H28N2O5/c1-4-9-22(24(31)27-16-26(2,3)14-23(29)30)28-25(32)33-15-21-19-12-7-5-10-17(19)18-11-6-8-13-20(18)21/h1,5-8,10-13,21-22H,9,14-16H2,2-3H3,(H,27,31)(H,28,32)(H,29,30). The molecule has 2 aromatic rings. The quantitative estimate of drug-likeness (QED) is 0.509. The molecule has 7 heteroatoms. The Bertz CT molecular complexity index is 1040. The summed E-state index contributed by atoms with van der Waals surface area (Å²) < 4.78 is 5.49. The van der Waals surface area contributed by atoms with E-state index in [1.54, 1.807) is 13.8 Å². The number of hydrogen-bond acceptors (Lipinski definition) is 4. The normalized spacial score (nSPS) is 13.2. The maximum atomic E-state index is 12.6. The Hall–Kier alpha value is -3.79. The van der Waals surface area contributed by atoms with Crippen molar-refractivity contribution in [3.8, 4) is 23.5 Å². The zero-order chi connectivity index (χ0) is 24.0. The molecular formula is C26H28N2O5. The van der Waals surface area contributed by atoms with Crippen molar-refractivity contribution in [2.45, 2.75) is 38.6 Å². The van der Waals surface area contributed by atoms with Crippen LogP contribution in [-0.2, 0) is 14.3 Å². The Balaban J connectivity index is 1.60. The fourth-order valence-corrected chi connectivity index (χ4v) is 4.03. The highest BCUT2D eigenvalue weighted by atomic mass is 16.5. The average molecular weight is 449 g/mol. The highest BCUT2D eigenvalue weighted by molar-refractivity contribution is 5.86. The SMILES string of the molecule is C#CCC(NC(=O)OCC1c2ccccc2-c2ccccc21)C(=O)NCC(C)(C)CC(=O)O. The molecule has 0 fully saturated rings. The van der Waals surface area contributed by atoms with Gasteiger partial charge >= 0.3 is 12.1 Å². The number of fused-ring (bicyclic) bond motifs is 3. The van der Waals surface area contributed by atoms with Crippen LogP contribution < -0.4 is 10.6 Å². The van der Waals surface area contributed by atoms with Crippen molar-refractivity contribution < 1.29 is 24.2 Å². The lowest BCUT2D eigenvalue weighted by Crippen LogP contribution is -2.49. The molecule has 33 heavy (non-hydrogen) atoms. The number of carboxylic acids is 1. The first kappa shape index (κ1) is 23.9. The number of ether oxygens (including phenoxy) is 1. The number of amides is 2. The topological polar surface area (TPSA) is 105 Å². The van der Waals surface area contributed by atoms with Crippen LogP contribution in [0.25, 0.3) is 11.1 Å². The second-order valence-corrected chi connectivity index (χ2v) is 8.88. The Kier molecular flexibility index (Phi) is 7.39. The minimum absolute atomic E-state index is 0.0185. The van der Waals surface area contributed by atoms with Gasteiger partial charge in [0.15, 0.2) is 0 Å². The van der Waals surface area contributed by atoms with Crippen molar-refractivity contribution in [3.05, 3.63) is 59.7 Å². The molecule has 0 aromatic heterocycles. The van der Waals surface area contributed by atoms with Crippen molar-refractivity contribution >= 4 is 18.0 Å². The van der Waals surface area contributed by atoms with E-state index in [4.69, 9.17) is 16.3 Å². The Morgan fingerprint density at radius 1 is 1.09 bits per heavy atom. The van der Waals surface area contributed by atoms with Crippen LogP contribution in [0, 0.1) is 17.8 Å². The van der Waals surface area contributed by atoms with Crippen LogP contribution in [0.5, 0.6) is 0 Å². The third-order valence-electron chi connectivity index (χ3n) is 5.65. The Morgan fingerprint density at radius 2 is 1.67 bits per heavy atom. The van der Waals surface area contributed by atoms with Crippen molar-refractivity contribution in [2.24, 2.45) is 5.41 Å². The lowest BCUT2D eigenvalue weighted by atomic mass is 9.89. The Labute approximate surface area is 193 Å². The van der Waals surface area contributed by atoms with Crippen molar-refractivity contribution in [1.82, 2.24) is 10.6 Å². The van der Waals surface area contributed by atoms with Crippen LogP contribution in [0.3, 0.4) is 0 Å². The van der Waals surface area contributed by atoms with Crippen LogP contribution in [0.15, 0.2) is 48.5 Å². The van der Waals surface area contributed by atoms with Gasteiger partial charge in [-0.3, -0.25) is 9.59 Å². The summed E-state index contributed by atoms with van der Waals surface area (Å²) >= 11 is 0. The van der Waals surface area contributed by atoms with E-state index in [1.807, 2.05) is 48.5 Å². The van der Waals surface area contributed by atoms with Crippen LogP contribution in [-0.4, -0.2) is 42.3 Å². The predicted molar refractivity (Wildman–Crippen MR) is 124 cm³/mol. The zero-order valence-corrected chi connectivity index (χ0v) is 18.8. The summed E-state index contributed by atoms with van der Waals surface area (Å²) in [6, 6.07) is 15.0. The Morgan fingerprint density at radius 3 is 2.21 bits per heavy atom. The van der Waals surface area contributed by atoms with E-state index in [-0.39, 0.29) is 31.9 Å². The van der Waals surface area contributed by atoms with Gasteiger partial charge in [0.2, 0.25) is 5.91 Å². The van der Waals surface area contributed by atoms with E-state index in [2.05, 4.69) is 16.6 Å². The number of nitrogens with one attached hydrogen (secondary N) is 2. The van der Waals surface area contributed by atoms with Crippen LogP contribution >= 0.6 is 0 Å². The molecule has 0 heterocycles. The van der Waals surface area contributed by atoms with E-state index in [9.17, 15) is 14.4 Å². The fourth-order valence-electron chi connectivity index (χ4n) is 4.03. The number of benzene rings is 2. The summed E-state index contributed by atoms with van der Waals surface area (Å²) in [6.45, 7) is 3.72. The highest BCUT2D eigenvalue weighted by Gasteiger charge is 2.30. The maximum Gasteiger partial charge on any atom is 0.407 e. The smallest absolute Gasteiger partial charge is 0.407 e. The monoisotopic (exact) mass is 448 g/mol. The lowest BCUT2D eigenvalue weighted by molar-refractivity contribution is -0.139. The molecule has 172 valence electrons. The number of aliphatic carboxylic acids is 1. The third-order valence-corrected chi connectivity index (χ3v) is 5.65. The molecule has 1 unspecified atom stereocenters. The molecule has 1 aliphatic carbocycles. The van der Waals surface area contributed by atoms with E-state index >= 15 is 0 Å². The number of carbonyl (C=O) groups is 3. The van der Waals surface area contributed by atoms with Gasteiger partial charge in [0.25, 0.3) is 0 Å². The predicted octanol–water partition coefficient (Wildman–Crippen LogP) is 3.53. The molecule has 1 atom stereocenters. The van der Waals surface area contributed by atoms with E-state index in [1.165, 1.54) is 0 Å². The minimum Gasteiger partial charge on any atom is -0.481 e. The first-order chi connectivity index (χ1) is 15.7. The van der Waals surface area contributed by atoms with Gasteiger partial charge in [0.1, 0.15) is 12.6 Å². The molecule has 7 nitrogen and oxygen atoms in total. The number of carboxylic acid groups (broad SMARTS) is 1. The largest absolute Gasteiger partial charge is 0.481 e. The molecule has 0 aliphatic heterocycles. The highest BCUT2D eigenvalue weighted by Crippen LogP contribution is 2.44. The molecule has 0 saturated heterocycles. The first-order valence-corrected chi connectivity index (χ1v) is 10.8. The van der Waals surface area contributed by atoms with Crippen LogP contribution in [0.1, 0.15) is 43.7 Å². The number of carbonyl (C=O) groups excluding carboxylic acids is 2. The van der Waals surface area contributed by atoms with Gasteiger partial charge in [-0.25, -0.2) is 4.79 Å². The van der Waals surface area contributed by atoms with Gasteiger partial charge in [-0.1, -0.05) is 62.4 Å². The van der Waals surface area contributed by atoms with Crippen molar-refractivity contribution in [2.75, 3.05) is 13.2 Å². The van der Waals surface area contributed by atoms with Gasteiger partial charge in [-0.2, -0.15) is 0 Å². The molecule has 0 saturated carbocycles. The van der Waals surface area contributed by atoms with Crippen molar-refractivity contribution in [3.63, 3.8) is 0 Å². The summed E-state index contributed by atoms with van der Waals surface area (Å²) in [6.07, 6.45) is 4.51. The van der Waals surface area contributed by atoms with Crippen LogP contribution in [0.4, 0.5) is 4.79 Å². The van der Waals surface area contributed by atoms with E-state index < -0.39 is 29.4 Å². The lowest BCUT2D eigenvalue weighted by Gasteiger charge is -2.24. The molecule has 0 radical (unpaired) electrons. The van der Waals surface area contributed by atoms with E-state index in [0.29, 0.717) is 0 Å². The fraction of sp³-hybridized carbons (Fsp3) is 0.346. The van der Waals surface area contributed by atoms with Gasteiger partial charge in [0.05, 0.1) is 6.42 Å². The summed E-state index contributed by atoms with van der Waals surface area (Å²) in [5, 5.41) is 14.2. The summed E-state index contributed by atoms with van der Waals surface area (Å²) in [7, 11) is 0. The molecule has 0 bridgehead atoms. The average Bonchev–Trinajstić information content (AvgIpc) is 3.09. The molecule has 2 aromatic carbocycles. The number of terminal acetylenes is 1. The second-order valence-electron chi connectivity index (χ2n) is 8.88. The maximum absolute atomic E-state index is 12.6. The van der Waals surface area contributed by atoms with Crippen LogP contribution in [0.2, 0.25) is 0 Å². The molecule has 1 aliphatic rings. The van der Waals surface area contributed by atoms with Crippen molar-refractivity contribution in [1.29, 1.82) is 0 Å². The first-order valence-electron chi connectivity index (χ1n) is 10.8. The third kappa shape index (κ3) is 5.92. The second kappa shape index (κ2) is 10.2. The number of alkyl carbamates (subject to hydrolysis) is 1. The molecule has 0 spiro atoms. The molecule has 2 amide bonds. The summed E-state index contributed by atoms with van der Waals surface area (Å²) in [5.74, 6) is 0.845. The van der Waals surface area contributed by atoms with Gasteiger partial charge in [-0.05, 0) is 27.7 Å². The van der Waals surface area contributed by atoms with Gasteiger partial charge in [-0.15, -0.1) is 12.3 Å². The van der Waals surface area contributed by atoms with Gasteiger partial charge in [0, 0.05) is 18.9 Å². The van der Waals surface area contributed by atoms with E-state index in [0.717, 1.165) is 22.3 Å². The summed E-state index contributed by atoms with van der Waals surface area (Å²) in [4.78, 5) is 36.0. The molecule has 3 rings (SSSR count). The number of rotatable bonds is 9. The summed E-state index contributed by atoms with van der Waals surface area (Å²) in [5.41, 5.74) is 3.77. The van der Waals surface area contributed by atoms with Gasteiger partial charge < -0.3 is 20.5 Å². The molecular weight excluding hydrogens is 420 g/mol. The minimum atomic E-state index is -0.980.